The molecule has 420 valence electrons. The van der Waals surface area contributed by atoms with Gasteiger partial charge >= 0.3 is 5.97 Å². The molecule has 0 saturated heterocycles. The number of unbranched alkanes of at least 4 members (excludes halogenated alkanes) is 5. The van der Waals surface area contributed by atoms with Crippen LogP contribution in [0.4, 0.5) is 0 Å². The number of guanidine groups is 1. The van der Waals surface area contributed by atoms with Crippen LogP contribution in [0.5, 0.6) is 0 Å². The van der Waals surface area contributed by atoms with Crippen LogP contribution in [-0.4, -0.2) is 182 Å². The number of nitrogens with zero attached hydrogens (tertiary/aromatic N) is 1. The van der Waals surface area contributed by atoms with E-state index in [9.17, 15) is 58.5 Å². The van der Waals surface area contributed by atoms with Crippen molar-refractivity contribution >= 4 is 59.2 Å². The maximum Gasteiger partial charge on any atom is 0.328 e. The predicted octanol–water partition coefficient (Wildman–Crippen LogP) is -7.41. The summed E-state index contributed by atoms with van der Waals surface area (Å²) < 4.78 is 0. The topological polar surface area (TPSA) is 531 Å². The third kappa shape index (κ3) is 30.1. The molecule has 27 N–H and O–H groups in total. The molecule has 0 rings (SSSR count). The third-order valence-corrected chi connectivity index (χ3v) is 11.3. The minimum absolute atomic E-state index is 0.00220. The number of aliphatic hydroxyl groups is 2. The zero-order valence-corrected chi connectivity index (χ0v) is 42.1. The van der Waals surface area contributed by atoms with Crippen molar-refractivity contribution in [3.05, 3.63) is 0 Å². The quantitative estimate of drug-likeness (QED) is 0.0153. The number of aliphatic carboxylic acids is 1. The number of amides is 8. The minimum atomic E-state index is -1.71. The lowest BCUT2D eigenvalue weighted by Crippen LogP contribution is -2.60. The molecule has 0 spiro atoms. The molecule has 0 aromatic heterocycles. The SMILES string of the molecule is NCCCC[C@H](NC(=O)CNC(=O)[C@H](CCCCN)NC(=O)[C@@H](N)CCCCN)C(=O)N[C@@H](CCCCN)C(=O)N[C@@H](CO)C(=O)N[C@@H](CCCCN)C(=O)N[C@@H](CCCN=C(N)N)C(=O)N[C@@H](CO)C(=O)O. The third-order valence-electron chi connectivity index (χ3n) is 11.3. The molecule has 0 heterocycles. The minimum Gasteiger partial charge on any atom is -0.480 e. The van der Waals surface area contributed by atoms with Crippen molar-refractivity contribution in [3.63, 3.8) is 0 Å². The van der Waals surface area contributed by atoms with Crippen LogP contribution >= 0.6 is 0 Å². The number of hydrogen-bond acceptors (Lipinski definition) is 18. The number of rotatable bonds is 43. The number of aliphatic imine (C=N–C) groups is 1. The Morgan fingerprint density at radius 1 is 0.397 bits per heavy atom. The molecule has 0 fully saturated rings. The van der Waals surface area contributed by atoms with Crippen LogP contribution in [-0.2, 0) is 43.2 Å². The number of aliphatic hydroxyl groups excluding tert-OH is 2. The molecule has 73 heavy (non-hydrogen) atoms. The summed E-state index contributed by atoms with van der Waals surface area (Å²) in [6.45, 7) is -0.980. The summed E-state index contributed by atoms with van der Waals surface area (Å²) >= 11 is 0. The molecule has 0 aliphatic heterocycles. The van der Waals surface area contributed by atoms with Crippen molar-refractivity contribution in [1.82, 2.24) is 42.5 Å². The van der Waals surface area contributed by atoms with E-state index in [0.717, 1.165) is 0 Å². The van der Waals surface area contributed by atoms with Gasteiger partial charge in [-0.1, -0.05) is 6.42 Å². The number of nitrogens with one attached hydrogen (secondary N) is 8. The normalized spacial score (nSPS) is 14.3. The molecule has 0 aliphatic carbocycles. The lowest BCUT2D eigenvalue weighted by Gasteiger charge is -2.27. The molecule has 29 heteroatoms. The van der Waals surface area contributed by atoms with Crippen LogP contribution in [0.25, 0.3) is 0 Å². The van der Waals surface area contributed by atoms with Gasteiger partial charge in [-0.25, -0.2) is 4.79 Å². The highest BCUT2D eigenvalue weighted by atomic mass is 16.4. The predicted molar refractivity (Wildman–Crippen MR) is 271 cm³/mol. The van der Waals surface area contributed by atoms with Gasteiger partial charge in [-0.2, -0.15) is 0 Å². The second kappa shape index (κ2) is 40.6. The first kappa shape index (κ1) is 67.2. The van der Waals surface area contributed by atoms with Crippen LogP contribution in [0.2, 0.25) is 0 Å². The Hall–Kier alpha value is -5.82. The van der Waals surface area contributed by atoms with Crippen molar-refractivity contribution in [2.45, 2.75) is 157 Å². The van der Waals surface area contributed by atoms with Crippen LogP contribution in [0.15, 0.2) is 4.99 Å². The molecular weight excluding hydrogens is 959 g/mol. The number of carbonyl (C=O) groups is 9. The Morgan fingerprint density at radius 2 is 0.712 bits per heavy atom. The molecule has 0 saturated carbocycles. The Morgan fingerprint density at radius 3 is 1.08 bits per heavy atom. The summed E-state index contributed by atoms with van der Waals surface area (Å²) in [6, 6.07) is -10.7. The van der Waals surface area contributed by atoms with Crippen molar-refractivity contribution < 1.29 is 58.5 Å². The fraction of sp³-hybridized carbons (Fsp3) is 0.773. The van der Waals surface area contributed by atoms with Gasteiger partial charge in [0, 0.05) is 6.54 Å². The molecule has 0 aromatic carbocycles. The molecule has 0 unspecified atom stereocenters. The van der Waals surface area contributed by atoms with E-state index < -0.39 is 121 Å². The van der Waals surface area contributed by atoms with E-state index in [4.69, 9.17) is 45.9 Å². The fourth-order valence-electron chi connectivity index (χ4n) is 7.01. The van der Waals surface area contributed by atoms with Crippen LogP contribution in [0.3, 0.4) is 0 Å². The van der Waals surface area contributed by atoms with Crippen molar-refractivity contribution in [2.75, 3.05) is 59.0 Å². The van der Waals surface area contributed by atoms with Gasteiger partial charge in [0.05, 0.1) is 25.8 Å². The molecule has 0 aromatic rings. The van der Waals surface area contributed by atoms with Crippen LogP contribution < -0.4 is 88.4 Å². The highest BCUT2D eigenvalue weighted by Gasteiger charge is 2.33. The number of hydrogen-bond donors (Lipinski definition) is 19. The lowest BCUT2D eigenvalue weighted by molar-refractivity contribution is -0.143. The van der Waals surface area contributed by atoms with Gasteiger partial charge in [0.2, 0.25) is 47.3 Å². The standard InChI is InChI=1S/C44H87N17O12/c45-18-6-1-12-27(50)36(65)56-28(13-2-7-19-46)37(66)54-24-35(64)55-29(14-3-8-20-47)38(67)57-31(16-5-10-22-49)40(69)60-33(25-62)42(71)59-30(15-4-9-21-48)39(68)58-32(17-11-23-53-44(51)52)41(70)61-34(26-63)43(72)73/h27-34,62-63H,1-26,45-50H2,(H,54,66)(H,55,64)(H,56,65)(H,57,67)(H,58,68)(H,59,71)(H,60,69)(H,61,70)(H,72,73)(H4,51,52,53)/t27-,28-,29-,30-,31-,32-,33-,34-/m0/s1. The van der Waals surface area contributed by atoms with E-state index in [2.05, 4.69) is 47.5 Å². The Balaban J connectivity index is 6.32. The Kier molecular flexibility index (Phi) is 37.4. The number of carboxylic acid groups (broad SMARTS) is 1. The summed E-state index contributed by atoms with van der Waals surface area (Å²) in [7, 11) is 0. The van der Waals surface area contributed by atoms with Gasteiger partial charge < -0.3 is 104 Å². The fourth-order valence-corrected chi connectivity index (χ4v) is 7.01. The first-order chi connectivity index (χ1) is 34.8. The van der Waals surface area contributed by atoms with Crippen LogP contribution in [0.1, 0.15) is 109 Å². The van der Waals surface area contributed by atoms with E-state index in [-0.39, 0.29) is 70.7 Å². The van der Waals surface area contributed by atoms with Gasteiger partial charge in [-0.3, -0.25) is 43.3 Å². The van der Waals surface area contributed by atoms with Gasteiger partial charge in [0.25, 0.3) is 0 Å². The molecular formula is C44H87N17O12. The van der Waals surface area contributed by atoms with Gasteiger partial charge in [-0.15, -0.1) is 0 Å². The van der Waals surface area contributed by atoms with Gasteiger partial charge in [0.1, 0.15) is 42.3 Å². The van der Waals surface area contributed by atoms with E-state index >= 15 is 0 Å². The zero-order valence-electron chi connectivity index (χ0n) is 42.1. The van der Waals surface area contributed by atoms with E-state index in [1.807, 2.05) is 0 Å². The molecule has 29 nitrogen and oxygen atoms in total. The highest BCUT2D eigenvalue weighted by Crippen LogP contribution is 2.09. The lowest BCUT2D eigenvalue weighted by atomic mass is 10.0. The summed E-state index contributed by atoms with van der Waals surface area (Å²) in [5, 5.41) is 49.0. The average Bonchev–Trinajstić information content (AvgIpc) is 3.35. The molecule has 0 aliphatic rings. The Labute approximate surface area is 426 Å². The number of carbonyl (C=O) groups excluding carboxylic acids is 8. The van der Waals surface area contributed by atoms with Crippen LogP contribution in [0, 0.1) is 0 Å². The van der Waals surface area contributed by atoms with Crippen molar-refractivity contribution in [1.29, 1.82) is 0 Å². The summed E-state index contributed by atoms with van der Waals surface area (Å²) in [6.07, 6.45) is 5.23. The van der Waals surface area contributed by atoms with E-state index in [0.29, 0.717) is 83.7 Å². The summed E-state index contributed by atoms with van der Waals surface area (Å²) in [4.78, 5) is 123. The van der Waals surface area contributed by atoms with E-state index in [1.165, 1.54) is 0 Å². The summed E-state index contributed by atoms with van der Waals surface area (Å²) in [5.74, 6) is -8.39. The monoisotopic (exact) mass is 1050 g/mol. The van der Waals surface area contributed by atoms with Gasteiger partial charge in [0.15, 0.2) is 5.96 Å². The number of carboxylic acids is 1. The van der Waals surface area contributed by atoms with Crippen molar-refractivity contribution in [3.8, 4) is 0 Å². The maximum absolute atomic E-state index is 13.9. The maximum atomic E-state index is 13.9. The summed E-state index contributed by atoms with van der Waals surface area (Å²) in [5.41, 5.74) is 45.0. The first-order valence-electron chi connectivity index (χ1n) is 25.0. The smallest absolute Gasteiger partial charge is 0.328 e. The Bertz CT molecular complexity index is 1710. The second-order valence-electron chi connectivity index (χ2n) is 17.4. The number of nitrogens with two attached hydrogens (primary N) is 8. The van der Waals surface area contributed by atoms with Gasteiger partial charge in [-0.05, 0) is 135 Å². The van der Waals surface area contributed by atoms with Crippen molar-refractivity contribution in [2.24, 2.45) is 50.9 Å². The van der Waals surface area contributed by atoms with E-state index in [1.54, 1.807) is 0 Å². The molecule has 8 amide bonds. The highest BCUT2D eigenvalue weighted by molar-refractivity contribution is 5.97. The zero-order chi connectivity index (χ0) is 55.1. The molecule has 0 radical (unpaired) electrons. The first-order valence-corrected chi connectivity index (χ1v) is 25.0. The molecule has 8 atom stereocenters. The largest absolute Gasteiger partial charge is 0.480 e. The molecule has 0 bridgehead atoms. The second-order valence-corrected chi connectivity index (χ2v) is 17.4. The average molecular weight is 1050 g/mol.